The summed E-state index contributed by atoms with van der Waals surface area (Å²) >= 11 is 0. The zero-order valence-electron chi connectivity index (χ0n) is 16.5. The van der Waals surface area contributed by atoms with Crippen LogP contribution in [0, 0.1) is 5.41 Å². The molecule has 6 nitrogen and oxygen atoms in total. The normalized spacial score (nSPS) is 18.6. The SMILES string of the molecule is CN1CC(C)([C@](O)(c2ccc(CC(F)(F)F)cc2)c2cncc(-c3ncno3)c2)C1. The maximum absolute atomic E-state index is 12.7. The Morgan fingerprint density at radius 1 is 1.13 bits per heavy atom. The fourth-order valence-electron chi connectivity index (χ4n) is 4.39. The van der Waals surface area contributed by atoms with Crippen molar-refractivity contribution < 1.29 is 22.8 Å². The van der Waals surface area contributed by atoms with Crippen LogP contribution in [0.5, 0.6) is 0 Å². The lowest BCUT2D eigenvalue weighted by Gasteiger charge is -2.55. The molecule has 1 aromatic carbocycles. The van der Waals surface area contributed by atoms with Crippen molar-refractivity contribution in [2.45, 2.75) is 25.1 Å². The minimum Gasteiger partial charge on any atom is -0.380 e. The second-order valence-electron chi connectivity index (χ2n) is 8.14. The molecule has 1 fully saturated rings. The monoisotopic (exact) mass is 418 g/mol. The molecule has 1 N–H and O–H groups in total. The van der Waals surface area contributed by atoms with Gasteiger partial charge in [0.2, 0.25) is 0 Å². The van der Waals surface area contributed by atoms with E-state index in [2.05, 4.69) is 20.0 Å². The van der Waals surface area contributed by atoms with E-state index in [-0.39, 0.29) is 11.5 Å². The fourth-order valence-corrected chi connectivity index (χ4v) is 4.39. The van der Waals surface area contributed by atoms with Crippen molar-refractivity contribution in [3.05, 3.63) is 65.7 Å². The molecule has 0 aliphatic carbocycles. The molecular weight excluding hydrogens is 397 g/mol. The topological polar surface area (TPSA) is 75.3 Å². The van der Waals surface area contributed by atoms with Crippen molar-refractivity contribution in [3.63, 3.8) is 0 Å². The van der Waals surface area contributed by atoms with Gasteiger partial charge in [0.05, 0.1) is 12.0 Å². The summed E-state index contributed by atoms with van der Waals surface area (Å²) in [5.41, 5.74) is -0.330. The molecule has 0 bridgehead atoms. The number of aromatic nitrogens is 3. The second-order valence-corrected chi connectivity index (χ2v) is 8.14. The van der Waals surface area contributed by atoms with Crippen LogP contribution in [0.3, 0.4) is 0 Å². The maximum atomic E-state index is 12.7. The first kappa shape index (κ1) is 20.5. The second kappa shape index (κ2) is 7.17. The minimum absolute atomic E-state index is 0.141. The van der Waals surface area contributed by atoms with E-state index in [0.717, 1.165) is 0 Å². The summed E-state index contributed by atoms with van der Waals surface area (Å²) in [7, 11) is 1.95. The van der Waals surface area contributed by atoms with Gasteiger partial charge in [0, 0.05) is 36.5 Å². The Morgan fingerprint density at radius 3 is 2.40 bits per heavy atom. The molecule has 0 radical (unpaired) electrons. The Bertz CT molecular complexity index is 1020. The van der Waals surface area contributed by atoms with Gasteiger partial charge in [-0.05, 0) is 24.2 Å². The summed E-state index contributed by atoms with van der Waals surface area (Å²) in [6.45, 7) is 3.17. The summed E-state index contributed by atoms with van der Waals surface area (Å²) in [5.74, 6) is 0.267. The van der Waals surface area contributed by atoms with Gasteiger partial charge < -0.3 is 14.5 Å². The van der Waals surface area contributed by atoms with Crippen LogP contribution in [-0.4, -0.2) is 51.4 Å². The Balaban J connectivity index is 1.78. The number of hydrogen-bond acceptors (Lipinski definition) is 6. The smallest absolute Gasteiger partial charge is 0.380 e. The number of pyridine rings is 1. The van der Waals surface area contributed by atoms with Gasteiger partial charge in [0.1, 0.15) is 5.60 Å². The fraction of sp³-hybridized carbons (Fsp3) is 0.381. The highest BCUT2D eigenvalue weighted by Gasteiger charge is 2.55. The molecular formula is C21H21F3N4O2. The number of alkyl halides is 3. The van der Waals surface area contributed by atoms with Gasteiger partial charge in [-0.25, -0.2) is 0 Å². The highest BCUT2D eigenvalue weighted by molar-refractivity contribution is 5.54. The molecule has 1 aliphatic rings. The minimum atomic E-state index is -4.29. The third-order valence-electron chi connectivity index (χ3n) is 5.65. The number of nitrogens with zero attached hydrogens (tertiary/aromatic N) is 4. The third-order valence-corrected chi connectivity index (χ3v) is 5.65. The van der Waals surface area contributed by atoms with E-state index < -0.39 is 23.6 Å². The first-order valence-corrected chi connectivity index (χ1v) is 9.40. The van der Waals surface area contributed by atoms with Crippen LogP contribution in [0.4, 0.5) is 13.2 Å². The first-order valence-electron chi connectivity index (χ1n) is 9.40. The number of hydrogen-bond donors (Lipinski definition) is 1. The van der Waals surface area contributed by atoms with Gasteiger partial charge in [0.15, 0.2) is 6.33 Å². The van der Waals surface area contributed by atoms with Crippen LogP contribution >= 0.6 is 0 Å². The molecule has 30 heavy (non-hydrogen) atoms. The molecule has 0 unspecified atom stereocenters. The van der Waals surface area contributed by atoms with E-state index in [1.807, 2.05) is 14.0 Å². The van der Waals surface area contributed by atoms with Crippen molar-refractivity contribution in [1.82, 2.24) is 20.0 Å². The lowest BCUT2D eigenvalue weighted by molar-refractivity contribution is -0.128. The largest absolute Gasteiger partial charge is 0.393 e. The first-order chi connectivity index (χ1) is 14.1. The lowest BCUT2D eigenvalue weighted by atomic mass is 9.62. The third kappa shape index (κ3) is 3.59. The summed E-state index contributed by atoms with van der Waals surface area (Å²) in [4.78, 5) is 10.3. The van der Waals surface area contributed by atoms with Crippen LogP contribution in [-0.2, 0) is 12.0 Å². The average molecular weight is 418 g/mol. The molecule has 2 aromatic heterocycles. The van der Waals surface area contributed by atoms with Crippen molar-refractivity contribution in [2.24, 2.45) is 5.41 Å². The van der Waals surface area contributed by atoms with Gasteiger partial charge in [0.25, 0.3) is 5.89 Å². The molecule has 1 atom stereocenters. The average Bonchev–Trinajstić information content (AvgIpc) is 3.20. The van der Waals surface area contributed by atoms with E-state index in [1.165, 1.54) is 18.5 Å². The van der Waals surface area contributed by atoms with Crippen LogP contribution < -0.4 is 0 Å². The number of rotatable bonds is 5. The highest BCUT2D eigenvalue weighted by atomic mass is 19.4. The van der Waals surface area contributed by atoms with Gasteiger partial charge in [-0.1, -0.05) is 36.3 Å². The van der Waals surface area contributed by atoms with Crippen LogP contribution in [0.15, 0.2) is 53.6 Å². The standard InChI is InChI=1S/C21H21F3N4O2/c1-19(11-28(2)12-19)21(29,16-5-3-14(4-6-16)8-20(22,23)24)17-7-15(9-25-10-17)18-26-13-27-30-18/h3-7,9-10,13,29H,8,11-12H2,1-2H3/t21-/m0/s1. The summed E-state index contributed by atoms with van der Waals surface area (Å²) in [6, 6.07) is 7.67. The van der Waals surface area contributed by atoms with Crippen LogP contribution in [0.1, 0.15) is 23.6 Å². The van der Waals surface area contributed by atoms with Gasteiger partial charge in [-0.15, -0.1) is 0 Å². The predicted molar refractivity (Wildman–Crippen MR) is 102 cm³/mol. The molecule has 0 saturated carbocycles. The molecule has 3 heterocycles. The number of likely N-dealkylation sites (tertiary alicyclic amines) is 1. The van der Waals surface area contributed by atoms with E-state index in [0.29, 0.717) is 29.8 Å². The number of benzene rings is 1. The van der Waals surface area contributed by atoms with Gasteiger partial charge >= 0.3 is 6.18 Å². The number of aliphatic hydroxyl groups is 1. The quantitative estimate of drug-likeness (QED) is 0.684. The predicted octanol–water partition coefficient (Wildman–Crippen LogP) is 3.42. The Hall–Kier alpha value is -2.78. The lowest BCUT2D eigenvalue weighted by Crippen LogP contribution is -2.63. The number of halogens is 3. The molecule has 0 amide bonds. The summed E-state index contributed by atoms with van der Waals surface area (Å²) < 4.78 is 43.3. The van der Waals surface area contributed by atoms with E-state index in [4.69, 9.17) is 4.52 Å². The van der Waals surface area contributed by atoms with Crippen molar-refractivity contribution in [2.75, 3.05) is 20.1 Å². The summed E-state index contributed by atoms with van der Waals surface area (Å²) in [6.07, 6.45) is -0.912. The van der Waals surface area contributed by atoms with Gasteiger partial charge in [-0.2, -0.15) is 18.2 Å². The van der Waals surface area contributed by atoms with E-state index in [9.17, 15) is 18.3 Å². The van der Waals surface area contributed by atoms with E-state index >= 15 is 0 Å². The molecule has 9 heteroatoms. The summed E-state index contributed by atoms with van der Waals surface area (Å²) in [5, 5.41) is 15.6. The Morgan fingerprint density at radius 2 is 1.83 bits per heavy atom. The Kier molecular flexibility index (Phi) is 4.90. The van der Waals surface area contributed by atoms with E-state index in [1.54, 1.807) is 30.6 Å². The molecule has 0 spiro atoms. The molecule has 3 aromatic rings. The van der Waals surface area contributed by atoms with Crippen molar-refractivity contribution >= 4 is 0 Å². The molecule has 158 valence electrons. The zero-order chi connectivity index (χ0) is 21.6. The van der Waals surface area contributed by atoms with Crippen molar-refractivity contribution in [3.8, 4) is 11.5 Å². The highest BCUT2D eigenvalue weighted by Crippen LogP contribution is 2.50. The van der Waals surface area contributed by atoms with Crippen molar-refractivity contribution in [1.29, 1.82) is 0 Å². The molecule has 1 saturated heterocycles. The van der Waals surface area contributed by atoms with Gasteiger partial charge in [-0.3, -0.25) is 4.98 Å². The van der Waals surface area contributed by atoms with Crippen LogP contribution in [0.2, 0.25) is 0 Å². The zero-order valence-corrected chi connectivity index (χ0v) is 16.5. The van der Waals surface area contributed by atoms with Crippen LogP contribution in [0.25, 0.3) is 11.5 Å². The molecule has 4 rings (SSSR count). The Labute approximate surface area is 171 Å². The molecule has 1 aliphatic heterocycles. The maximum Gasteiger partial charge on any atom is 0.393 e.